The van der Waals surface area contributed by atoms with Gasteiger partial charge in [0.1, 0.15) is 11.4 Å². The van der Waals surface area contributed by atoms with Crippen molar-refractivity contribution in [3.8, 4) is 0 Å². The van der Waals surface area contributed by atoms with Gasteiger partial charge in [0, 0.05) is 34.8 Å². The van der Waals surface area contributed by atoms with Crippen LogP contribution in [-0.4, -0.2) is 44.3 Å². The van der Waals surface area contributed by atoms with Gasteiger partial charge in [0.2, 0.25) is 0 Å². The molecule has 16 heavy (non-hydrogen) atoms. The highest BCUT2D eigenvalue weighted by atomic mass is 28.1. The molecule has 1 heterocycles. The summed E-state index contributed by atoms with van der Waals surface area (Å²) in [5, 5.41) is -0.294. The number of ether oxygens (including phenoxy) is 1. The first-order chi connectivity index (χ1) is 7.12. The van der Waals surface area contributed by atoms with E-state index in [0.29, 0.717) is 19.4 Å². The molecule has 1 amide bonds. The zero-order valence-electron chi connectivity index (χ0n) is 10.8. The Balaban J connectivity index is 2.73. The number of piperidine rings is 1. The lowest BCUT2D eigenvalue weighted by molar-refractivity contribution is -0.123. The van der Waals surface area contributed by atoms with E-state index in [1.807, 2.05) is 27.7 Å². The highest BCUT2D eigenvalue weighted by molar-refractivity contribution is 6.18. The maximum absolute atomic E-state index is 12.0. The second-order valence-electron chi connectivity index (χ2n) is 5.91. The van der Waals surface area contributed by atoms with Crippen molar-refractivity contribution >= 4 is 22.1 Å². The predicted molar refractivity (Wildman–Crippen MR) is 65.5 cm³/mol. The number of nitrogens with zero attached hydrogens (tertiary/aromatic N) is 1. The third kappa shape index (κ3) is 3.33. The summed E-state index contributed by atoms with van der Waals surface area (Å²) in [5.74, 6) is 0.248. The average molecular weight is 243 g/mol. The second-order valence-corrected chi connectivity index (χ2v) is 8.06. The third-order valence-corrected chi connectivity index (χ3v) is 3.48. The van der Waals surface area contributed by atoms with Gasteiger partial charge in [-0.25, -0.2) is 4.79 Å². The number of carbonyl (C=O) groups is 2. The first kappa shape index (κ1) is 13.2. The molecular formula is C11H21NO3Si. The number of likely N-dealkylation sites (tertiary alicyclic amines) is 1. The Morgan fingerprint density at radius 3 is 2.50 bits per heavy atom. The minimum atomic E-state index is -0.476. The topological polar surface area (TPSA) is 46.6 Å². The standard InChI is InChI=1S/C11H21NO3Si/c1-10(2,3)15-9(14)12-6-5-8(13)7-11(12,4)16/h5-7H2,1-4,16H3/t11-/m0/s1. The van der Waals surface area contributed by atoms with E-state index in [0.717, 1.165) is 10.2 Å². The van der Waals surface area contributed by atoms with E-state index < -0.39 is 5.60 Å². The molecule has 1 fully saturated rings. The van der Waals surface area contributed by atoms with Crippen molar-refractivity contribution in [3.63, 3.8) is 0 Å². The number of amides is 1. The molecule has 0 saturated carbocycles. The Hall–Kier alpha value is -0.843. The van der Waals surface area contributed by atoms with E-state index in [9.17, 15) is 9.59 Å². The molecule has 1 rings (SSSR count). The lowest BCUT2D eigenvalue weighted by Gasteiger charge is -2.42. The number of Topliss-reactive ketones (excluding diaryl/α,β-unsaturated/α-hetero) is 1. The Bertz CT molecular complexity index is 307. The molecule has 0 unspecified atom stereocenters. The molecule has 5 heteroatoms. The maximum Gasteiger partial charge on any atom is 0.410 e. The highest BCUT2D eigenvalue weighted by Gasteiger charge is 2.38. The number of ketones is 1. The minimum Gasteiger partial charge on any atom is -0.444 e. The first-order valence-corrected chi connectivity index (χ1v) is 6.64. The Labute approximate surface area is 99.8 Å². The molecule has 0 aromatic rings. The van der Waals surface area contributed by atoms with E-state index in [-0.39, 0.29) is 17.0 Å². The van der Waals surface area contributed by atoms with Crippen molar-refractivity contribution in [1.29, 1.82) is 0 Å². The third-order valence-electron chi connectivity index (χ3n) is 2.59. The molecule has 0 spiro atoms. The molecule has 1 aliphatic heterocycles. The number of hydrogen-bond donors (Lipinski definition) is 0. The number of carbonyl (C=O) groups excluding carboxylic acids is 2. The lowest BCUT2D eigenvalue weighted by Crippen LogP contribution is -2.56. The fraction of sp³-hybridized carbons (Fsp3) is 0.818. The van der Waals surface area contributed by atoms with Gasteiger partial charge in [-0.05, 0) is 27.7 Å². The number of rotatable bonds is 0. The van der Waals surface area contributed by atoms with Crippen molar-refractivity contribution in [3.05, 3.63) is 0 Å². The molecular weight excluding hydrogens is 222 g/mol. The van der Waals surface area contributed by atoms with Crippen LogP contribution in [0.5, 0.6) is 0 Å². The highest BCUT2D eigenvalue weighted by Crippen LogP contribution is 2.24. The summed E-state index contributed by atoms with van der Waals surface area (Å²) in [4.78, 5) is 25.0. The van der Waals surface area contributed by atoms with E-state index >= 15 is 0 Å². The van der Waals surface area contributed by atoms with Crippen LogP contribution in [0.1, 0.15) is 40.5 Å². The van der Waals surface area contributed by atoms with Gasteiger partial charge in [0.15, 0.2) is 0 Å². The van der Waals surface area contributed by atoms with Crippen molar-refractivity contribution in [1.82, 2.24) is 4.90 Å². The van der Waals surface area contributed by atoms with Gasteiger partial charge in [-0.1, -0.05) is 0 Å². The second kappa shape index (κ2) is 4.20. The smallest absolute Gasteiger partial charge is 0.410 e. The Morgan fingerprint density at radius 1 is 1.50 bits per heavy atom. The van der Waals surface area contributed by atoms with E-state index in [1.165, 1.54) is 0 Å². The van der Waals surface area contributed by atoms with Crippen LogP contribution in [0.3, 0.4) is 0 Å². The van der Waals surface area contributed by atoms with Crippen LogP contribution in [0.25, 0.3) is 0 Å². The van der Waals surface area contributed by atoms with Gasteiger partial charge in [-0.15, -0.1) is 0 Å². The Kier molecular flexibility index (Phi) is 3.47. The minimum absolute atomic E-state index is 0.248. The van der Waals surface area contributed by atoms with Crippen molar-refractivity contribution in [2.75, 3.05) is 6.54 Å². The first-order valence-electron chi connectivity index (χ1n) is 5.64. The molecule has 1 aliphatic rings. The molecule has 1 atom stereocenters. The van der Waals surface area contributed by atoms with E-state index in [1.54, 1.807) is 4.90 Å². The van der Waals surface area contributed by atoms with Crippen LogP contribution < -0.4 is 0 Å². The summed E-state index contributed by atoms with van der Waals surface area (Å²) in [6.45, 7) is 8.01. The molecule has 1 saturated heterocycles. The quantitative estimate of drug-likeness (QED) is 0.587. The zero-order chi connectivity index (χ0) is 12.6. The molecule has 92 valence electrons. The molecule has 4 nitrogen and oxygen atoms in total. The van der Waals surface area contributed by atoms with Gasteiger partial charge in [-0.2, -0.15) is 0 Å². The fourth-order valence-electron chi connectivity index (χ4n) is 1.86. The maximum atomic E-state index is 12.0. The summed E-state index contributed by atoms with van der Waals surface area (Å²) in [6, 6.07) is 0. The van der Waals surface area contributed by atoms with Gasteiger partial charge in [0.25, 0.3) is 0 Å². The normalized spacial score (nSPS) is 27.0. The fourth-order valence-corrected chi connectivity index (χ4v) is 2.66. The molecule has 0 aliphatic carbocycles. The molecule has 0 radical (unpaired) electrons. The lowest BCUT2D eigenvalue weighted by atomic mass is 10.0. The van der Waals surface area contributed by atoms with Gasteiger partial charge in [-0.3, -0.25) is 4.79 Å². The molecule has 0 N–H and O–H groups in total. The largest absolute Gasteiger partial charge is 0.444 e. The van der Waals surface area contributed by atoms with Crippen LogP contribution in [-0.2, 0) is 9.53 Å². The summed E-state index contributed by atoms with van der Waals surface area (Å²) in [7, 11) is 0.775. The van der Waals surface area contributed by atoms with Crippen molar-refractivity contribution < 1.29 is 14.3 Å². The Morgan fingerprint density at radius 2 is 2.06 bits per heavy atom. The summed E-state index contributed by atoms with van der Waals surface area (Å²) in [6.07, 6.45) is 0.632. The SMILES string of the molecule is CC(C)(C)OC(=O)N1CCC(=O)C[C@]1(C)[SiH3]. The summed E-state index contributed by atoms with van der Waals surface area (Å²) < 4.78 is 5.35. The monoisotopic (exact) mass is 243 g/mol. The van der Waals surface area contributed by atoms with Crippen LogP contribution >= 0.6 is 0 Å². The number of hydrogen-bond acceptors (Lipinski definition) is 3. The van der Waals surface area contributed by atoms with E-state index in [2.05, 4.69) is 0 Å². The van der Waals surface area contributed by atoms with Gasteiger partial charge in [0.05, 0.1) is 0 Å². The average Bonchev–Trinajstić information content (AvgIpc) is 1.97. The molecule has 0 aromatic carbocycles. The molecule has 0 bridgehead atoms. The molecule has 0 aromatic heterocycles. The summed E-state index contributed by atoms with van der Waals surface area (Å²) >= 11 is 0. The summed E-state index contributed by atoms with van der Waals surface area (Å²) in [5.41, 5.74) is -0.476. The zero-order valence-corrected chi connectivity index (χ0v) is 12.8. The predicted octanol–water partition coefficient (Wildman–Crippen LogP) is 0.668. The van der Waals surface area contributed by atoms with Crippen LogP contribution in [0.4, 0.5) is 4.79 Å². The van der Waals surface area contributed by atoms with Crippen molar-refractivity contribution in [2.24, 2.45) is 0 Å². The van der Waals surface area contributed by atoms with Crippen LogP contribution in [0.2, 0.25) is 0 Å². The van der Waals surface area contributed by atoms with Gasteiger partial charge < -0.3 is 9.64 Å². The van der Waals surface area contributed by atoms with Crippen LogP contribution in [0, 0.1) is 0 Å². The van der Waals surface area contributed by atoms with Gasteiger partial charge >= 0.3 is 6.09 Å². The van der Waals surface area contributed by atoms with Crippen molar-refractivity contribution in [2.45, 2.75) is 51.3 Å². The van der Waals surface area contributed by atoms with Crippen LogP contribution in [0.15, 0.2) is 0 Å². The van der Waals surface area contributed by atoms with E-state index in [4.69, 9.17) is 4.74 Å².